The lowest BCUT2D eigenvalue weighted by Gasteiger charge is -2.29. The number of hydrogen-bond acceptors (Lipinski definition) is 4. The molecule has 0 bridgehead atoms. The van der Waals surface area contributed by atoms with E-state index in [4.69, 9.17) is 9.02 Å². The predicted molar refractivity (Wildman–Crippen MR) is 90.4 cm³/mol. The van der Waals surface area contributed by atoms with Crippen molar-refractivity contribution in [3.8, 4) is 5.75 Å². The Morgan fingerprint density at radius 1 is 1.05 bits per heavy atom. The third-order valence-electron chi connectivity index (χ3n) is 3.90. The van der Waals surface area contributed by atoms with Crippen molar-refractivity contribution in [2.45, 2.75) is 31.8 Å². The molecule has 1 aliphatic heterocycles. The van der Waals surface area contributed by atoms with E-state index < -0.39 is 0 Å². The van der Waals surface area contributed by atoms with E-state index >= 15 is 0 Å². The maximum absolute atomic E-state index is 5.91. The highest BCUT2D eigenvalue weighted by Crippen LogP contribution is 2.32. The maximum atomic E-state index is 5.91. The number of hydrogen-bond donors (Lipinski definition) is 0. The summed E-state index contributed by atoms with van der Waals surface area (Å²) >= 11 is 1.27. The van der Waals surface area contributed by atoms with Crippen molar-refractivity contribution in [1.82, 2.24) is 0 Å². The molecule has 3 rings (SSSR count). The number of aryl methyl sites for hydroxylation is 1. The lowest BCUT2D eigenvalue weighted by atomic mass is 9.91. The van der Waals surface area contributed by atoms with Gasteiger partial charge in [0.1, 0.15) is 23.9 Å². The van der Waals surface area contributed by atoms with Crippen LogP contribution in [0.4, 0.5) is 0 Å². The van der Waals surface area contributed by atoms with Crippen LogP contribution in [0.1, 0.15) is 25.0 Å². The molecular weight excluding hydrogens is 294 g/mol. The molecule has 2 atom stereocenters. The number of nitrogens with zero attached hydrogens (tertiary/aromatic N) is 1. The molecule has 0 N–H and O–H groups in total. The Morgan fingerprint density at radius 2 is 1.77 bits per heavy atom. The van der Waals surface area contributed by atoms with Crippen LogP contribution in [0.5, 0.6) is 5.75 Å². The van der Waals surface area contributed by atoms with Crippen molar-refractivity contribution >= 4 is 17.8 Å². The normalized spacial score (nSPS) is 22.0. The Balaban J connectivity index is 1.79. The molecule has 0 saturated heterocycles. The Kier molecular flexibility index (Phi) is 4.39. The van der Waals surface area contributed by atoms with Crippen LogP contribution in [-0.4, -0.2) is 11.8 Å². The SMILES string of the molecule is Cc1ccc(SO/N=C2/c3ccccc3OC(C)C2C)cc1. The fourth-order valence-corrected chi connectivity index (χ4v) is 2.83. The number of ether oxygens (including phenoxy) is 1. The molecule has 2 aromatic carbocycles. The van der Waals surface area contributed by atoms with Crippen LogP contribution in [0.15, 0.2) is 58.6 Å². The van der Waals surface area contributed by atoms with Gasteiger partial charge in [0.15, 0.2) is 0 Å². The highest BCUT2D eigenvalue weighted by molar-refractivity contribution is 7.94. The standard InChI is InChI=1S/C18H19NO2S/c1-12-8-10-15(11-9-12)22-21-19-18-13(2)14(3)20-17-7-5-4-6-16(17)18/h4-11,13-14H,1-3H3/b19-18+. The van der Waals surface area contributed by atoms with Gasteiger partial charge < -0.3 is 9.02 Å². The zero-order valence-corrected chi connectivity index (χ0v) is 13.8. The van der Waals surface area contributed by atoms with Gasteiger partial charge in [-0.1, -0.05) is 41.9 Å². The fraction of sp³-hybridized carbons (Fsp3) is 0.278. The first kappa shape index (κ1) is 15.0. The minimum absolute atomic E-state index is 0.0848. The smallest absolute Gasteiger partial charge is 0.128 e. The van der Waals surface area contributed by atoms with Crippen molar-refractivity contribution < 1.29 is 9.02 Å². The quantitative estimate of drug-likeness (QED) is 0.600. The van der Waals surface area contributed by atoms with Crippen molar-refractivity contribution in [1.29, 1.82) is 0 Å². The van der Waals surface area contributed by atoms with E-state index in [0.717, 1.165) is 21.9 Å². The summed E-state index contributed by atoms with van der Waals surface area (Å²) in [4.78, 5) is 1.04. The molecule has 0 spiro atoms. The summed E-state index contributed by atoms with van der Waals surface area (Å²) in [5, 5.41) is 4.37. The van der Waals surface area contributed by atoms with Crippen molar-refractivity contribution in [3.63, 3.8) is 0 Å². The van der Waals surface area contributed by atoms with Gasteiger partial charge in [-0.15, -0.1) is 0 Å². The molecule has 1 aliphatic rings. The monoisotopic (exact) mass is 313 g/mol. The molecule has 0 radical (unpaired) electrons. The minimum Gasteiger partial charge on any atom is -0.489 e. The molecule has 0 aromatic heterocycles. The highest BCUT2D eigenvalue weighted by Gasteiger charge is 2.29. The molecular formula is C18H19NO2S. The van der Waals surface area contributed by atoms with Gasteiger partial charge in [-0.2, -0.15) is 0 Å². The number of para-hydroxylation sites is 1. The van der Waals surface area contributed by atoms with Crippen LogP contribution < -0.4 is 4.74 Å². The Hall–Kier alpha value is -1.94. The first-order chi connectivity index (χ1) is 10.6. The summed E-state index contributed by atoms with van der Waals surface area (Å²) in [5.74, 6) is 1.06. The number of fused-ring (bicyclic) bond motifs is 1. The lowest BCUT2D eigenvalue weighted by Crippen LogP contribution is -2.34. The van der Waals surface area contributed by atoms with Gasteiger partial charge >= 0.3 is 0 Å². The van der Waals surface area contributed by atoms with E-state index in [9.17, 15) is 0 Å². The van der Waals surface area contributed by atoms with Crippen molar-refractivity contribution in [2.75, 3.05) is 0 Å². The molecule has 2 aromatic rings. The second kappa shape index (κ2) is 6.44. The fourth-order valence-electron chi connectivity index (χ4n) is 2.38. The molecule has 3 nitrogen and oxygen atoms in total. The lowest BCUT2D eigenvalue weighted by molar-refractivity contribution is 0.180. The van der Waals surface area contributed by atoms with Crippen LogP contribution in [-0.2, 0) is 4.28 Å². The summed E-state index contributed by atoms with van der Waals surface area (Å²) < 4.78 is 11.4. The summed E-state index contributed by atoms with van der Waals surface area (Å²) in [6.07, 6.45) is 0.0848. The van der Waals surface area contributed by atoms with Crippen LogP contribution in [0.25, 0.3) is 0 Å². The van der Waals surface area contributed by atoms with Crippen molar-refractivity contribution in [2.24, 2.45) is 11.1 Å². The number of benzene rings is 2. The summed E-state index contributed by atoms with van der Waals surface area (Å²) in [6.45, 7) is 6.24. The second-order valence-electron chi connectivity index (χ2n) is 5.56. The van der Waals surface area contributed by atoms with Gasteiger partial charge in [0.05, 0.1) is 10.6 Å². The van der Waals surface area contributed by atoms with E-state index in [2.05, 4.69) is 38.1 Å². The molecule has 1 heterocycles. The molecule has 4 heteroatoms. The zero-order chi connectivity index (χ0) is 15.5. The van der Waals surface area contributed by atoms with Crippen LogP contribution in [0.3, 0.4) is 0 Å². The predicted octanol–water partition coefficient (Wildman–Crippen LogP) is 4.84. The molecule has 0 fully saturated rings. The maximum Gasteiger partial charge on any atom is 0.128 e. The molecule has 2 unspecified atom stereocenters. The third-order valence-corrected chi connectivity index (χ3v) is 4.52. The summed E-state index contributed by atoms with van der Waals surface area (Å²) in [6, 6.07) is 16.2. The highest BCUT2D eigenvalue weighted by atomic mass is 32.2. The van der Waals surface area contributed by atoms with Gasteiger partial charge in [0, 0.05) is 11.5 Å². The molecule has 114 valence electrons. The van der Waals surface area contributed by atoms with E-state index in [1.807, 2.05) is 36.4 Å². The number of oxime groups is 1. The van der Waals surface area contributed by atoms with Crippen LogP contribution in [0.2, 0.25) is 0 Å². The topological polar surface area (TPSA) is 30.8 Å². The van der Waals surface area contributed by atoms with Gasteiger partial charge in [-0.3, -0.25) is 0 Å². The molecule has 0 aliphatic carbocycles. The first-order valence-electron chi connectivity index (χ1n) is 7.39. The van der Waals surface area contributed by atoms with Gasteiger partial charge in [-0.05, 0) is 38.1 Å². The zero-order valence-electron chi connectivity index (χ0n) is 12.9. The number of rotatable bonds is 3. The third kappa shape index (κ3) is 3.12. The van der Waals surface area contributed by atoms with Crippen LogP contribution in [0, 0.1) is 12.8 Å². The van der Waals surface area contributed by atoms with E-state index in [0.29, 0.717) is 0 Å². The summed E-state index contributed by atoms with van der Waals surface area (Å²) in [7, 11) is 0. The van der Waals surface area contributed by atoms with Gasteiger partial charge in [-0.25, -0.2) is 0 Å². The minimum atomic E-state index is 0.0848. The van der Waals surface area contributed by atoms with E-state index in [-0.39, 0.29) is 12.0 Å². The Labute approximate surface area is 135 Å². The molecule has 0 amide bonds. The first-order valence-corrected chi connectivity index (χ1v) is 8.13. The van der Waals surface area contributed by atoms with E-state index in [1.165, 1.54) is 17.6 Å². The largest absolute Gasteiger partial charge is 0.489 e. The van der Waals surface area contributed by atoms with E-state index in [1.54, 1.807) is 0 Å². The second-order valence-corrected chi connectivity index (χ2v) is 6.34. The summed E-state index contributed by atoms with van der Waals surface area (Å²) in [5.41, 5.74) is 3.18. The van der Waals surface area contributed by atoms with Crippen molar-refractivity contribution in [3.05, 3.63) is 59.7 Å². The Bertz CT molecular complexity index is 682. The van der Waals surface area contributed by atoms with Gasteiger partial charge in [0.25, 0.3) is 0 Å². The average Bonchev–Trinajstić information content (AvgIpc) is 2.53. The van der Waals surface area contributed by atoms with Crippen LogP contribution >= 0.6 is 12.0 Å². The Morgan fingerprint density at radius 3 is 2.55 bits per heavy atom. The average molecular weight is 313 g/mol. The van der Waals surface area contributed by atoms with Gasteiger partial charge in [0.2, 0.25) is 0 Å². The molecule has 22 heavy (non-hydrogen) atoms. The molecule has 0 saturated carbocycles.